The number of benzene rings is 1. The zero-order valence-electron chi connectivity index (χ0n) is 12.9. The number of nitrogens with one attached hydrogen (secondary N) is 2. The van der Waals surface area contributed by atoms with Crippen molar-refractivity contribution < 1.29 is 4.79 Å². The number of anilines is 2. The van der Waals surface area contributed by atoms with E-state index in [1.54, 1.807) is 0 Å². The second kappa shape index (κ2) is 6.50. The standard InChI is InChI=1S/C18H26N2O/c1-2-13-4-3-5-17(12-13)19-15-8-10-16(11-9-15)20-18(21)14-6-7-14/h8-11,13-14,17,19H,2-7,12H2,1H3,(H,20,21). The van der Waals surface area contributed by atoms with E-state index in [0.29, 0.717) is 6.04 Å². The van der Waals surface area contributed by atoms with Crippen LogP contribution in [0.2, 0.25) is 0 Å². The van der Waals surface area contributed by atoms with E-state index in [1.165, 1.54) is 37.8 Å². The molecule has 2 aliphatic carbocycles. The first-order valence-electron chi connectivity index (χ1n) is 8.42. The maximum absolute atomic E-state index is 11.7. The Morgan fingerprint density at radius 2 is 1.81 bits per heavy atom. The second-order valence-corrected chi connectivity index (χ2v) is 6.62. The molecule has 0 bridgehead atoms. The molecule has 2 aliphatic rings. The van der Waals surface area contributed by atoms with Crippen molar-refractivity contribution in [1.82, 2.24) is 0 Å². The van der Waals surface area contributed by atoms with Crippen LogP contribution in [0.5, 0.6) is 0 Å². The molecule has 21 heavy (non-hydrogen) atoms. The SMILES string of the molecule is CCC1CCCC(Nc2ccc(NC(=O)C3CC3)cc2)C1. The number of amides is 1. The summed E-state index contributed by atoms with van der Waals surface area (Å²) in [6.07, 6.45) is 8.68. The lowest BCUT2D eigenvalue weighted by Crippen LogP contribution is -2.27. The lowest BCUT2D eigenvalue weighted by Gasteiger charge is -2.29. The Balaban J connectivity index is 1.52. The van der Waals surface area contributed by atoms with Gasteiger partial charge in [0.25, 0.3) is 0 Å². The highest BCUT2D eigenvalue weighted by Gasteiger charge is 2.29. The molecule has 2 unspecified atom stereocenters. The van der Waals surface area contributed by atoms with Gasteiger partial charge < -0.3 is 10.6 Å². The van der Waals surface area contributed by atoms with Gasteiger partial charge in [0, 0.05) is 23.3 Å². The average Bonchev–Trinajstić information content (AvgIpc) is 3.34. The molecule has 1 aromatic rings. The van der Waals surface area contributed by atoms with Gasteiger partial charge in [-0.05, 0) is 55.9 Å². The van der Waals surface area contributed by atoms with Crippen molar-refractivity contribution in [3.05, 3.63) is 24.3 Å². The molecule has 2 fully saturated rings. The molecule has 3 rings (SSSR count). The van der Waals surface area contributed by atoms with Crippen LogP contribution in [0, 0.1) is 11.8 Å². The molecule has 3 heteroatoms. The molecule has 0 aromatic heterocycles. The minimum atomic E-state index is 0.175. The topological polar surface area (TPSA) is 41.1 Å². The smallest absolute Gasteiger partial charge is 0.227 e. The van der Waals surface area contributed by atoms with Crippen molar-refractivity contribution in [3.8, 4) is 0 Å². The maximum Gasteiger partial charge on any atom is 0.227 e. The van der Waals surface area contributed by atoms with Gasteiger partial charge in [0.1, 0.15) is 0 Å². The summed E-state index contributed by atoms with van der Waals surface area (Å²) in [4.78, 5) is 11.7. The zero-order chi connectivity index (χ0) is 14.7. The fraction of sp³-hybridized carbons (Fsp3) is 0.611. The molecule has 0 radical (unpaired) electrons. The van der Waals surface area contributed by atoms with Crippen LogP contribution in [0.25, 0.3) is 0 Å². The summed E-state index contributed by atoms with van der Waals surface area (Å²) in [5.41, 5.74) is 2.08. The van der Waals surface area contributed by atoms with Crippen LogP contribution < -0.4 is 10.6 Å². The number of carbonyl (C=O) groups excluding carboxylic acids is 1. The molecule has 2 N–H and O–H groups in total. The molecular weight excluding hydrogens is 260 g/mol. The molecule has 0 heterocycles. The molecule has 0 spiro atoms. The van der Waals surface area contributed by atoms with Crippen LogP contribution in [0.4, 0.5) is 11.4 Å². The fourth-order valence-corrected chi connectivity index (χ4v) is 3.27. The van der Waals surface area contributed by atoms with Gasteiger partial charge in [-0.3, -0.25) is 4.79 Å². The van der Waals surface area contributed by atoms with Crippen LogP contribution in [0.3, 0.4) is 0 Å². The summed E-state index contributed by atoms with van der Waals surface area (Å²) >= 11 is 0. The highest BCUT2D eigenvalue weighted by molar-refractivity contribution is 5.94. The summed E-state index contributed by atoms with van der Waals surface area (Å²) in [7, 11) is 0. The lowest BCUT2D eigenvalue weighted by molar-refractivity contribution is -0.117. The van der Waals surface area contributed by atoms with Crippen LogP contribution in [-0.4, -0.2) is 11.9 Å². The molecule has 1 amide bonds. The summed E-state index contributed by atoms with van der Waals surface area (Å²) in [6.45, 7) is 2.30. The minimum absolute atomic E-state index is 0.175. The largest absolute Gasteiger partial charge is 0.382 e. The second-order valence-electron chi connectivity index (χ2n) is 6.62. The van der Waals surface area contributed by atoms with Gasteiger partial charge in [-0.2, -0.15) is 0 Å². The van der Waals surface area contributed by atoms with Gasteiger partial charge >= 0.3 is 0 Å². The monoisotopic (exact) mass is 286 g/mol. The molecule has 3 nitrogen and oxygen atoms in total. The van der Waals surface area contributed by atoms with E-state index in [-0.39, 0.29) is 11.8 Å². The molecule has 2 saturated carbocycles. The first kappa shape index (κ1) is 14.4. The predicted octanol–water partition coefficient (Wildman–Crippen LogP) is 4.42. The minimum Gasteiger partial charge on any atom is -0.382 e. The van der Waals surface area contributed by atoms with Gasteiger partial charge in [-0.15, -0.1) is 0 Å². The van der Waals surface area contributed by atoms with Crippen LogP contribution in [0.1, 0.15) is 51.9 Å². The zero-order valence-corrected chi connectivity index (χ0v) is 12.9. The lowest BCUT2D eigenvalue weighted by atomic mass is 9.84. The van der Waals surface area contributed by atoms with Gasteiger partial charge in [0.2, 0.25) is 5.91 Å². The van der Waals surface area contributed by atoms with E-state index in [4.69, 9.17) is 0 Å². The normalized spacial score (nSPS) is 25.4. The first-order chi connectivity index (χ1) is 10.2. The molecule has 2 atom stereocenters. The molecule has 1 aromatic carbocycles. The Bertz CT molecular complexity index is 478. The van der Waals surface area contributed by atoms with E-state index in [1.807, 2.05) is 12.1 Å². The van der Waals surface area contributed by atoms with Gasteiger partial charge in [0.05, 0.1) is 0 Å². The first-order valence-corrected chi connectivity index (χ1v) is 8.42. The predicted molar refractivity (Wildman–Crippen MR) is 87.5 cm³/mol. The van der Waals surface area contributed by atoms with E-state index >= 15 is 0 Å². The van der Waals surface area contributed by atoms with E-state index in [9.17, 15) is 4.79 Å². The number of rotatable bonds is 5. The third kappa shape index (κ3) is 3.99. The number of hydrogen-bond acceptors (Lipinski definition) is 2. The van der Waals surface area contributed by atoms with Crippen molar-refractivity contribution in [2.24, 2.45) is 11.8 Å². The van der Waals surface area contributed by atoms with Crippen molar-refractivity contribution in [1.29, 1.82) is 0 Å². The van der Waals surface area contributed by atoms with Gasteiger partial charge in [-0.1, -0.05) is 26.2 Å². The van der Waals surface area contributed by atoms with Crippen molar-refractivity contribution >= 4 is 17.3 Å². The summed E-state index contributed by atoms with van der Waals surface area (Å²) in [6, 6.07) is 8.78. The Hall–Kier alpha value is -1.51. The van der Waals surface area contributed by atoms with E-state index < -0.39 is 0 Å². The Morgan fingerprint density at radius 3 is 2.48 bits per heavy atom. The van der Waals surface area contributed by atoms with Crippen molar-refractivity contribution in [2.75, 3.05) is 10.6 Å². The molecule has 0 aliphatic heterocycles. The van der Waals surface area contributed by atoms with Gasteiger partial charge in [0.15, 0.2) is 0 Å². The summed E-state index contributed by atoms with van der Waals surface area (Å²) < 4.78 is 0. The highest BCUT2D eigenvalue weighted by Crippen LogP contribution is 2.31. The van der Waals surface area contributed by atoms with Gasteiger partial charge in [-0.25, -0.2) is 0 Å². The summed E-state index contributed by atoms with van der Waals surface area (Å²) in [5.74, 6) is 1.32. The molecular formula is C18H26N2O. The Labute approximate surface area is 127 Å². The molecule has 114 valence electrons. The van der Waals surface area contributed by atoms with Crippen molar-refractivity contribution in [3.63, 3.8) is 0 Å². The van der Waals surface area contributed by atoms with Crippen LogP contribution >= 0.6 is 0 Å². The highest BCUT2D eigenvalue weighted by atomic mass is 16.2. The van der Waals surface area contributed by atoms with E-state index in [2.05, 4.69) is 29.7 Å². The van der Waals surface area contributed by atoms with Crippen LogP contribution in [0.15, 0.2) is 24.3 Å². The third-order valence-corrected chi connectivity index (χ3v) is 4.83. The summed E-state index contributed by atoms with van der Waals surface area (Å²) in [5, 5.41) is 6.63. The Kier molecular flexibility index (Phi) is 4.47. The quantitative estimate of drug-likeness (QED) is 0.841. The Morgan fingerprint density at radius 1 is 1.10 bits per heavy atom. The number of hydrogen-bond donors (Lipinski definition) is 2. The maximum atomic E-state index is 11.7. The van der Waals surface area contributed by atoms with E-state index in [0.717, 1.165) is 24.4 Å². The molecule has 0 saturated heterocycles. The van der Waals surface area contributed by atoms with Crippen molar-refractivity contribution in [2.45, 2.75) is 57.9 Å². The third-order valence-electron chi connectivity index (χ3n) is 4.83. The number of carbonyl (C=O) groups is 1. The van der Waals surface area contributed by atoms with Crippen LogP contribution in [-0.2, 0) is 4.79 Å². The average molecular weight is 286 g/mol. The fourth-order valence-electron chi connectivity index (χ4n) is 3.27.